The molecular formula is C10H7F3N4O2. The number of halogens is 3. The minimum atomic E-state index is -4.58. The maximum Gasteiger partial charge on any atom is 0.433 e. The van der Waals surface area contributed by atoms with Crippen LogP contribution in [0.2, 0.25) is 0 Å². The normalized spacial score (nSPS) is 10.4. The Labute approximate surface area is 105 Å². The van der Waals surface area contributed by atoms with Crippen LogP contribution in [0.3, 0.4) is 0 Å². The number of amides is 2. The highest BCUT2D eigenvalue weighted by Gasteiger charge is 2.32. The highest BCUT2D eigenvalue weighted by Crippen LogP contribution is 2.27. The van der Waals surface area contributed by atoms with Crippen molar-refractivity contribution in [2.75, 3.05) is 11.9 Å². The number of nitriles is 1. The zero-order chi connectivity index (χ0) is 14.5. The molecule has 0 aliphatic carbocycles. The van der Waals surface area contributed by atoms with E-state index in [1.165, 1.54) is 0 Å². The SMILES string of the molecule is N#CCNC(=O)C(=O)Nc1ccc(C(F)(F)F)nc1. The largest absolute Gasteiger partial charge is 0.433 e. The second-order valence-corrected chi connectivity index (χ2v) is 3.22. The number of rotatable bonds is 2. The first-order valence-corrected chi connectivity index (χ1v) is 4.84. The van der Waals surface area contributed by atoms with E-state index in [2.05, 4.69) is 4.98 Å². The molecule has 100 valence electrons. The zero-order valence-corrected chi connectivity index (χ0v) is 9.28. The summed E-state index contributed by atoms with van der Waals surface area (Å²) in [5.74, 6) is -2.17. The van der Waals surface area contributed by atoms with Gasteiger partial charge < -0.3 is 10.6 Å². The number of alkyl halides is 3. The standard InChI is InChI=1S/C10H7F3N4O2/c11-10(12,13)7-2-1-6(5-16-7)17-9(19)8(18)15-4-3-14/h1-2,5H,4H2,(H,15,18)(H,17,19). The Morgan fingerprint density at radius 2 is 2.00 bits per heavy atom. The summed E-state index contributed by atoms with van der Waals surface area (Å²) in [6.07, 6.45) is -3.80. The lowest BCUT2D eigenvalue weighted by Crippen LogP contribution is -2.35. The Morgan fingerprint density at radius 1 is 1.32 bits per heavy atom. The van der Waals surface area contributed by atoms with Crippen LogP contribution in [0.15, 0.2) is 18.3 Å². The van der Waals surface area contributed by atoms with E-state index in [-0.39, 0.29) is 12.2 Å². The number of nitrogens with zero attached hydrogens (tertiary/aromatic N) is 2. The van der Waals surface area contributed by atoms with E-state index in [9.17, 15) is 22.8 Å². The van der Waals surface area contributed by atoms with Crippen LogP contribution >= 0.6 is 0 Å². The molecule has 1 rings (SSSR count). The number of carbonyl (C=O) groups excluding carboxylic acids is 2. The van der Waals surface area contributed by atoms with Gasteiger partial charge in [-0.05, 0) is 12.1 Å². The van der Waals surface area contributed by atoms with E-state index in [0.29, 0.717) is 6.07 Å². The van der Waals surface area contributed by atoms with Gasteiger partial charge >= 0.3 is 18.0 Å². The maximum atomic E-state index is 12.2. The van der Waals surface area contributed by atoms with Gasteiger partial charge in [-0.3, -0.25) is 9.59 Å². The number of nitrogens with one attached hydrogen (secondary N) is 2. The van der Waals surface area contributed by atoms with Crippen LogP contribution in [-0.4, -0.2) is 23.3 Å². The fourth-order valence-corrected chi connectivity index (χ4v) is 1.02. The van der Waals surface area contributed by atoms with Gasteiger partial charge in [0, 0.05) is 0 Å². The number of hydrogen-bond acceptors (Lipinski definition) is 4. The molecule has 1 aromatic heterocycles. The first-order chi connectivity index (χ1) is 8.84. The molecular weight excluding hydrogens is 265 g/mol. The van der Waals surface area contributed by atoms with Crippen molar-refractivity contribution in [2.24, 2.45) is 0 Å². The molecule has 0 bridgehead atoms. The van der Waals surface area contributed by atoms with Gasteiger partial charge in [0.25, 0.3) is 0 Å². The molecule has 1 aromatic rings. The summed E-state index contributed by atoms with van der Waals surface area (Å²) in [5, 5.41) is 12.2. The molecule has 2 N–H and O–H groups in total. The quantitative estimate of drug-likeness (QED) is 0.611. The zero-order valence-electron chi connectivity index (χ0n) is 9.28. The summed E-state index contributed by atoms with van der Waals surface area (Å²) < 4.78 is 36.6. The first-order valence-electron chi connectivity index (χ1n) is 4.84. The molecule has 1 heterocycles. The van der Waals surface area contributed by atoms with Gasteiger partial charge in [0.2, 0.25) is 0 Å². The molecule has 9 heteroatoms. The molecule has 0 spiro atoms. The van der Waals surface area contributed by atoms with Crippen molar-refractivity contribution in [1.29, 1.82) is 5.26 Å². The van der Waals surface area contributed by atoms with E-state index in [0.717, 1.165) is 12.3 Å². The molecule has 19 heavy (non-hydrogen) atoms. The summed E-state index contributed by atoms with van der Waals surface area (Å²) in [4.78, 5) is 25.4. The summed E-state index contributed by atoms with van der Waals surface area (Å²) in [6, 6.07) is 3.23. The van der Waals surface area contributed by atoms with E-state index in [4.69, 9.17) is 5.26 Å². The summed E-state index contributed by atoms with van der Waals surface area (Å²) >= 11 is 0. The summed E-state index contributed by atoms with van der Waals surface area (Å²) in [7, 11) is 0. The van der Waals surface area contributed by atoms with Crippen molar-refractivity contribution in [3.05, 3.63) is 24.0 Å². The topological polar surface area (TPSA) is 94.9 Å². The third kappa shape index (κ3) is 4.27. The number of anilines is 1. The van der Waals surface area contributed by atoms with E-state index in [1.807, 2.05) is 10.6 Å². The van der Waals surface area contributed by atoms with Crippen molar-refractivity contribution in [1.82, 2.24) is 10.3 Å². The minimum Gasteiger partial charge on any atom is -0.335 e. The van der Waals surface area contributed by atoms with Gasteiger partial charge in [-0.1, -0.05) is 0 Å². The summed E-state index contributed by atoms with van der Waals surface area (Å²) in [6.45, 7) is -0.350. The summed E-state index contributed by atoms with van der Waals surface area (Å²) in [5.41, 5.74) is -1.18. The second-order valence-electron chi connectivity index (χ2n) is 3.22. The highest BCUT2D eigenvalue weighted by molar-refractivity contribution is 6.39. The third-order valence-corrected chi connectivity index (χ3v) is 1.85. The molecule has 0 saturated heterocycles. The maximum absolute atomic E-state index is 12.2. The van der Waals surface area contributed by atoms with Crippen molar-refractivity contribution in [3.63, 3.8) is 0 Å². The number of aromatic nitrogens is 1. The molecule has 0 unspecified atom stereocenters. The predicted molar refractivity (Wildman–Crippen MR) is 56.5 cm³/mol. The fraction of sp³-hybridized carbons (Fsp3) is 0.200. The molecule has 0 radical (unpaired) electrons. The van der Waals surface area contributed by atoms with Crippen LogP contribution in [0.4, 0.5) is 18.9 Å². The third-order valence-electron chi connectivity index (χ3n) is 1.85. The second kappa shape index (κ2) is 5.81. The minimum absolute atomic E-state index is 0.0647. The van der Waals surface area contributed by atoms with Crippen molar-refractivity contribution in [2.45, 2.75) is 6.18 Å². The Kier molecular flexibility index (Phi) is 4.41. The lowest BCUT2D eigenvalue weighted by molar-refractivity contribution is -0.141. The number of pyridine rings is 1. The van der Waals surface area contributed by atoms with Gasteiger partial charge in [-0.25, -0.2) is 4.98 Å². The lowest BCUT2D eigenvalue weighted by atomic mass is 10.3. The highest BCUT2D eigenvalue weighted by atomic mass is 19.4. The van der Waals surface area contributed by atoms with Gasteiger partial charge in [-0.2, -0.15) is 18.4 Å². The van der Waals surface area contributed by atoms with Crippen LogP contribution < -0.4 is 10.6 Å². The van der Waals surface area contributed by atoms with Crippen LogP contribution in [0, 0.1) is 11.3 Å². The Morgan fingerprint density at radius 3 is 2.47 bits per heavy atom. The number of hydrogen-bond donors (Lipinski definition) is 2. The Balaban J connectivity index is 2.66. The van der Waals surface area contributed by atoms with Gasteiger partial charge in [0.05, 0.1) is 18.0 Å². The van der Waals surface area contributed by atoms with E-state index < -0.39 is 23.7 Å². The molecule has 0 aliphatic heterocycles. The molecule has 0 fully saturated rings. The average Bonchev–Trinajstić information content (AvgIpc) is 2.35. The van der Waals surface area contributed by atoms with Crippen LogP contribution in [0.5, 0.6) is 0 Å². The van der Waals surface area contributed by atoms with Crippen molar-refractivity contribution < 1.29 is 22.8 Å². The first kappa shape index (κ1) is 14.4. The predicted octanol–water partition coefficient (Wildman–Crippen LogP) is 0.679. The van der Waals surface area contributed by atoms with Crippen molar-refractivity contribution >= 4 is 17.5 Å². The van der Waals surface area contributed by atoms with E-state index >= 15 is 0 Å². The molecule has 6 nitrogen and oxygen atoms in total. The monoisotopic (exact) mass is 272 g/mol. The van der Waals surface area contributed by atoms with Crippen molar-refractivity contribution in [3.8, 4) is 6.07 Å². The molecule has 0 atom stereocenters. The van der Waals surface area contributed by atoms with Crippen LogP contribution in [0.25, 0.3) is 0 Å². The van der Waals surface area contributed by atoms with Crippen LogP contribution in [0.1, 0.15) is 5.69 Å². The van der Waals surface area contributed by atoms with E-state index in [1.54, 1.807) is 6.07 Å². The number of carbonyl (C=O) groups is 2. The van der Waals surface area contributed by atoms with Gasteiger partial charge in [0.1, 0.15) is 12.2 Å². The fourth-order valence-electron chi connectivity index (χ4n) is 1.02. The smallest absolute Gasteiger partial charge is 0.335 e. The van der Waals surface area contributed by atoms with Gasteiger partial charge in [-0.15, -0.1) is 0 Å². The lowest BCUT2D eigenvalue weighted by Gasteiger charge is -2.07. The Hall–Kier alpha value is -2.63. The molecule has 0 aromatic carbocycles. The molecule has 2 amide bonds. The average molecular weight is 272 g/mol. The Bertz CT molecular complexity index is 519. The van der Waals surface area contributed by atoms with Gasteiger partial charge in [0.15, 0.2) is 0 Å². The molecule has 0 saturated carbocycles. The molecule has 0 aliphatic rings. The van der Waals surface area contributed by atoms with Crippen LogP contribution in [-0.2, 0) is 15.8 Å².